The van der Waals surface area contributed by atoms with E-state index in [4.69, 9.17) is 5.73 Å². The Morgan fingerprint density at radius 3 is 2.72 bits per heavy atom. The van der Waals surface area contributed by atoms with Crippen molar-refractivity contribution in [1.82, 2.24) is 9.38 Å². The maximum Gasteiger partial charge on any atom is 0.139 e. The molecule has 0 spiro atoms. The predicted octanol–water partition coefficient (Wildman–Crippen LogP) is 4.02. The molecule has 0 saturated heterocycles. The summed E-state index contributed by atoms with van der Waals surface area (Å²) in [4.78, 5) is 6.96. The summed E-state index contributed by atoms with van der Waals surface area (Å²) in [6.45, 7) is 4.11. The van der Waals surface area contributed by atoms with Crippen molar-refractivity contribution in [2.75, 3.05) is 5.73 Å². The second-order valence-corrected chi connectivity index (χ2v) is 6.33. The van der Waals surface area contributed by atoms with Crippen molar-refractivity contribution in [3.05, 3.63) is 39.3 Å². The summed E-state index contributed by atoms with van der Waals surface area (Å²) in [5.41, 5.74) is 9.07. The van der Waals surface area contributed by atoms with Crippen molar-refractivity contribution >= 4 is 38.7 Å². The third kappa shape index (κ3) is 1.66. The van der Waals surface area contributed by atoms with Crippen LogP contribution in [0.15, 0.2) is 28.7 Å². The van der Waals surface area contributed by atoms with Crippen LogP contribution in [-0.2, 0) is 0 Å². The fraction of sp³-hybridized carbons (Fsp3) is 0.154. The number of nitrogens with two attached hydrogens (primary N) is 1. The zero-order chi connectivity index (χ0) is 12.9. The van der Waals surface area contributed by atoms with Gasteiger partial charge in [0.15, 0.2) is 0 Å². The lowest BCUT2D eigenvalue weighted by atomic mass is 10.3. The largest absolute Gasteiger partial charge is 0.383 e. The summed E-state index contributed by atoms with van der Waals surface area (Å²) in [7, 11) is 0. The number of imidazole rings is 1. The van der Waals surface area contributed by atoms with E-state index in [1.54, 1.807) is 11.3 Å². The van der Waals surface area contributed by atoms with E-state index in [0.717, 1.165) is 26.4 Å². The molecule has 3 heterocycles. The number of pyridine rings is 1. The highest BCUT2D eigenvalue weighted by Crippen LogP contribution is 2.36. The Morgan fingerprint density at radius 2 is 2.11 bits per heavy atom. The number of nitrogen functional groups attached to an aromatic ring is 1. The smallest absolute Gasteiger partial charge is 0.139 e. The lowest BCUT2D eigenvalue weighted by molar-refractivity contribution is 1.10. The van der Waals surface area contributed by atoms with Crippen molar-refractivity contribution in [3.8, 4) is 10.6 Å². The zero-order valence-electron chi connectivity index (χ0n) is 10.1. The predicted molar refractivity (Wildman–Crippen MR) is 80.1 cm³/mol. The van der Waals surface area contributed by atoms with Crippen molar-refractivity contribution in [1.29, 1.82) is 0 Å². The molecule has 2 N–H and O–H groups in total. The van der Waals surface area contributed by atoms with Crippen molar-refractivity contribution in [2.24, 2.45) is 0 Å². The topological polar surface area (TPSA) is 43.3 Å². The summed E-state index contributed by atoms with van der Waals surface area (Å²) in [6, 6.07) is 8.08. The van der Waals surface area contributed by atoms with E-state index in [-0.39, 0.29) is 0 Å². The first-order valence-corrected chi connectivity index (χ1v) is 7.18. The molecule has 3 nitrogen and oxygen atoms in total. The van der Waals surface area contributed by atoms with Gasteiger partial charge in [-0.25, -0.2) is 4.98 Å². The molecule has 0 unspecified atom stereocenters. The molecule has 0 bridgehead atoms. The van der Waals surface area contributed by atoms with Crippen LogP contribution in [0.4, 0.5) is 5.82 Å². The van der Waals surface area contributed by atoms with Gasteiger partial charge in [-0.3, -0.25) is 4.40 Å². The summed E-state index contributed by atoms with van der Waals surface area (Å²) in [6.07, 6.45) is 0. The molecule has 0 fully saturated rings. The number of anilines is 1. The second kappa shape index (κ2) is 4.10. The number of nitrogens with zero attached hydrogens (tertiary/aromatic N) is 2. The number of rotatable bonds is 1. The molecule has 92 valence electrons. The Hall–Kier alpha value is -1.33. The summed E-state index contributed by atoms with van der Waals surface area (Å²) >= 11 is 5.23. The molecule has 0 saturated carbocycles. The summed E-state index contributed by atoms with van der Waals surface area (Å²) < 4.78 is 3.09. The van der Waals surface area contributed by atoms with Gasteiger partial charge in [0.2, 0.25) is 0 Å². The normalized spacial score (nSPS) is 11.3. The first-order valence-electron chi connectivity index (χ1n) is 5.58. The highest BCUT2D eigenvalue weighted by molar-refractivity contribution is 9.10. The van der Waals surface area contributed by atoms with Crippen LogP contribution in [0.2, 0.25) is 0 Å². The minimum Gasteiger partial charge on any atom is -0.383 e. The van der Waals surface area contributed by atoms with Crippen LogP contribution in [0.25, 0.3) is 16.2 Å². The molecular formula is C13H12BrN3S. The van der Waals surface area contributed by atoms with Crippen LogP contribution < -0.4 is 5.73 Å². The van der Waals surface area contributed by atoms with Gasteiger partial charge in [-0.05, 0) is 48.0 Å². The second-order valence-electron chi connectivity index (χ2n) is 4.22. The van der Waals surface area contributed by atoms with Crippen molar-refractivity contribution in [2.45, 2.75) is 13.8 Å². The molecule has 0 radical (unpaired) electrons. The minimum atomic E-state index is 0.705. The number of hydrogen-bond acceptors (Lipinski definition) is 3. The molecule has 3 rings (SSSR count). The van der Waals surface area contributed by atoms with Crippen molar-refractivity contribution < 1.29 is 0 Å². The van der Waals surface area contributed by atoms with Crippen LogP contribution in [0, 0.1) is 13.8 Å². The van der Waals surface area contributed by atoms with E-state index < -0.39 is 0 Å². The summed E-state index contributed by atoms with van der Waals surface area (Å²) in [5, 5.41) is 0. The maximum atomic E-state index is 6.22. The fourth-order valence-electron chi connectivity index (χ4n) is 2.04. The fourth-order valence-corrected chi connectivity index (χ4v) is 3.57. The average molecular weight is 322 g/mol. The van der Waals surface area contributed by atoms with Gasteiger partial charge < -0.3 is 5.73 Å². The van der Waals surface area contributed by atoms with E-state index in [1.807, 2.05) is 29.5 Å². The molecule has 0 aromatic carbocycles. The lowest BCUT2D eigenvalue weighted by Crippen LogP contribution is -1.96. The number of aryl methyl sites for hydroxylation is 2. The van der Waals surface area contributed by atoms with Crippen LogP contribution in [0.5, 0.6) is 0 Å². The molecule has 0 aliphatic heterocycles. The maximum absolute atomic E-state index is 6.22. The van der Waals surface area contributed by atoms with Gasteiger partial charge in [0.05, 0.1) is 4.88 Å². The number of fused-ring (bicyclic) bond motifs is 1. The Morgan fingerprint density at radius 1 is 1.33 bits per heavy atom. The lowest BCUT2D eigenvalue weighted by Gasteiger charge is -2.00. The zero-order valence-corrected chi connectivity index (χ0v) is 12.5. The van der Waals surface area contributed by atoms with Crippen LogP contribution >= 0.6 is 27.3 Å². The third-order valence-corrected chi connectivity index (χ3v) is 5.11. The Labute approximate surface area is 117 Å². The molecule has 3 aromatic heterocycles. The first kappa shape index (κ1) is 11.7. The van der Waals surface area contributed by atoms with Crippen LogP contribution in [0.1, 0.15) is 10.6 Å². The summed E-state index contributed by atoms with van der Waals surface area (Å²) in [5.74, 6) is 0.705. The third-order valence-electron chi connectivity index (χ3n) is 2.96. The average Bonchev–Trinajstić information content (AvgIpc) is 2.82. The molecule has 0 aliphatic carbocycles. The number of aromatic nitrogens is 2. The first-order chi connectivity index (χ1) is 8.58. The van der Waals surface area contributed by atoms with Gasteiger partial charge in [0, 0.05) is 15.0 Å². The number of thiophene rings is 1. The van der Waals surface area contributed by atoms with Gasteiger partial charge in [-0.2, -0.15) is 0 Å². The van der Waals surface area contributed by atoms with E-state index in [9.17, 15) is 0 Å². The molecule has 5 heteroatoms. The minimum absolute atomic E-state index is 0.705. The van der Waals surface area contributed by atoms with Crippen LogP contribution in [-0.4, -0.2) is 9.38 Å². The van der Waals surface area contributed by atoms with Gasteiger partial charge >= 0.3 is 0 Å². The van der Waals surface area contributed by atoms with Gasteiger partial charge in [0.25, 0.3) is 0 Å². The number of halogens is 1. The Balaban J connectivity index is 2.30. The molecule has 3 aromatic rings. The molecule has 18 heavy (non-hydrogen) atoms. The standard InChI is InChI=1S/C13H12BrN3S/c1-7-4-3-5-11-16-12(13(15)17(7)11)10-6-9(14)8(2)18-10/h3-6H,15H2,1-2H3. The van der Waals surface area contributed by atoms with Gasteiger partial charge in [-0.15, -0.1) is 11.3 Å². The molecule has 0 amide bonds. The van der Waals surface area contributed by atoms with E-state index in [1.165, 1.54) is 4.88 Å². The Bertz CT molecular complexity index is 723. The highest BCUT2D eigenvalue weighted by Gasteiger charge is 2.15. The number of hydrogen-bond donors (Lipinski definition) is 1. The van der Waals surface area contributed by atoms with Gasteiger partial charge in [-0.1, -0.05) is 6.07 Å². The van der Waals surface area contributed by atoms with Gasteiger partial charge in [0.1, 0.15) is 17.2 Å². The van der Waals surface area contributed by atoms with E-state index >= 15 is 0 Å². The SMILES string of the molecule is Cc1sc(-c2nc3cccc(C)n3c2N)cc1Br. The van der Waals surface area contributed by atoms with E-state index in [0.29, 0.717) is 5.82 Å². The quantitative estimate of drug-likeness (QED) is 0.735. The molecule has 0 aliphatic rings. The van der Waals surface area contributed by atoms with Crippen LogP contribution in [0.3, 0.4) is 0 Å². The van der Waals surface area contributed by atoms with E-state index in [2.05, 4.69) is 33.9 Å². The molecule has 0 atom stereocenters. The molecular weight excluding hydrogens is 310 g/mol. The monoisotopic (exact) mass is 321 g/mol. The van der Waals surface area contributed by atoms with Crippen molar-refractivity contribution in [3.63, 3.8) is 0 Å². The Kier molecular flexibility index (Phi) is 2.68. The highest BCUT2D eigenvalue weighted by atomic mass is 79.9.